The van der Waals surface area contributed by atoms with Crippen LogP contribution in [0.25, 0.3) is 0 Å². The van der Waals surface area contributed by atoms with Crippen molar-refractivity contribution in [3.63, 3.8) is 0 Å². The number of hydrogen-bond donors (Lipinski definition) is 0. The van der Waals surface area contributed by atoms with E-state index in [-0.39, 0.29) is 17.5 Å². The second-order valence-electron chi connectivity index (χ2n) is 6.41. The molecule has 3 nitrogen and oxygen atoms in total. The van der Waals surface area contributed by atoms with Gasteiger partial charge in [0.15, 0.2) is 0 Å². The molecule has 0 N–H and O–H groups in total. The van der Waals surface area contributed by atoms with Crippen molar-refractivity contribution < 1.29 is 13.6 Å². The maximum Gasteiger partial charge on any atom is 0.222 e. The number of halogens is 2. The molecule has 3 rings (SSSR count). The van der Waals surface area contributed by atoms with Crippen LogP contribution in [0.1, 0.15) is 17.5 Å². The first kappa shape index (κ1) is 17.5. The minimum atomic E-state index is -0.260. The summed E-state index contributed by atoms with van der Waals surface area (Å²) >= 11 is 0. The topological polar surface area (TPSA) is 23.6 Å². The van der Waals surface area contributed by atoms with E-state index in [0.717, 1.165) is 24.2 Å². The molecule has 0 saturated carbocycles. The van der Waals surface area contributed by atoms with Gasteiger partial charge in [0.1, 0.15) is 11.6 Å². The molecule has 0 aromatic heterocycles. The van der Waals surface area contributed by atoms with Gasteiger partial charge in [0.05, 0.1) is 0 Å². The first-order valence-electron chi connectivity index (χ1n) is 8.59. The van der Waals surface area contributed by atoms with Crippen molar-refractivity contribution in [2.75, 3.05) is 26.2 Å². The summed E-state index contributed by atoms with van der Waals surface area (Å²) in [5.41, 5.74) is 1.93. The van der Waals surface area contributed by atoms with E-state index in [1.165, 1.54) is 18.2 Å². The van der Waals surface area contributed by atoms with E-state index < -0.39 is 0 Å². The van der Waals surface area contributed by atoms with Crippen molar-refractivity contribution in [1.82, 2.24) is 9.80 Å². The number of nitrogens with zero attached hydrogens (tertiary/aromatic N) is 2. The zero-order valence-corrected chi connectivity index (χ0v) is 14.1. The highest BCUT2D eigenvalue weighted by Gasteiger charge is 2.20. The van der Waals surface area contributed by atoms with Crippen molar-refractivity contribution in [3.05, 3.63) is 71.3 Å². The molecule has 2 aromatic carbocycles. The molecule has 0 spiro atoms. The van der Waals surface area contributed by atoms with E-state index in [1.807, 2.05) is 11.0 Å². The van der Waals surface area contributed by atoms with Crippen molar-refractivity contribution >= 4 is 5.91 Å². The third kappa shape index (κ3) is 5.10. The van der Waals surface area contributed by atoms with Gasteiger partial charge in [0.2, 0.25) is 5.91 Å². The molecule has 0 atom stereocenters. The van der Waals surface area contributed by atoms with Crippen LogP contribution in [0.5, 0.6) is 0 Å². The molecule has 25 heavy (non-hydrogen) atoms. The molecule has 0 radical (unpaired) electrons. The van der Waals surface area contributed by atoms with Crippen molar-refractivity contribution in [2.45, 2.75) is 19.4 Å². The normalized spacial score (nSPS) is 15.4. The Bertz CT molecular complexity index is 710. The lowest BCUT2D eigenvalue weighted by Crippen LogP contribution is -2.48. The van der Waals surface area contributed by atoms with Crippen LogP contribution >= 0.6 is 0 Å². The largest absolute Gasteiger partial charge is 0.340 e. The molecule has 0 aliphatic carbocycles. The second-order valence-corrected chi connectivity index (χ2v) is 6.41. The Kier molecular flexibility index (Phi) is 5.76. The van der Waals surface area contributed by atoms with Gasteiger partial charge in [0.25, 0.3) is 0 Å². The Morgan fingerprint density at radius 2 is 1.60 bits per heavy atom. The van der Waals surface area contributed by atoms with Gasteiger partial charge < -0.3 is 4.90 Å². The van der Waals surface area contributed by atoms with Gasteiger partial charge in [0, 0.05) is 39.1 Å². The number of piperazine rings is 1. The maximum absolute atomic E-state index is 13.2. The van der Waals surface area contributed by atoms with Crippen LogP contribution in [-0.4, -0.2) is 41.9 Å². The summed E-state index contributed by atoms with van der Waals surface area (Å²) in [6.45, 7) is 3.67. The summed E-state index contributed by atoms with van der Waals surface area (Å²) in [6, 6.07) is 12.9. The molecule has 1 fully saturated rings. The third-order valence-corrected chi connectivity index (χ3v) is 4.56. The Labute approximate surface area is 146 Å². The van der Waals surface area contributed by atoms with Crippen molar-refractivity contribution in [3.8, 4) is 0 Å². The van der Waals surface area contributed by atoms with E-state index in [4.69, 9.17) is 0 Å². The average Bonchev–Trinajstić information content (AvgIpc) is 2.62. The summed E-state index contributed by atoms with van der Waals surface area (Å²) in [7, 11) is 0. The van der Waals surface area contributed by atoms with Crippen LogP contribution in [0.2, 0.25) is 0 Å². The monoisotopic (exact) mass is 344 g/mol. The van der Waals surface area contributed by atoms with Crippen LogP contribution in [0, 0.1) is 11.6 Å². The first-order valence-corrected chi connectivity index (χ1v) is 8.59. The highest BCUT2D eigenvalue weighted by atomic mass is 19.1. The van der Waals surface area contributed by atoms with Crippen LogP contribution < -0.4 is 0 Å². The van der Waals surface area contributed by atoms with E-state index in [0.29, 0.717) is 32.5 Å². The van der Waals surface area contributed by atoms with Gasteiger partial charge in [-0.3, -0.25) is 9.69 Å². The molecular formula is C20H22F2N2O. The summed E-state index contributed by atoms with van der Waals surface area (Å²) in [4.78, 5) is 16.4. The molecule has 1 amide bonds. The number of carbonyl (C=O) groups is 1. The van der Waals surface area contributed by atoms with Gasteiger partial charge in [-0.25, -0.2) is 8.78 Å². The van der Waals surface area contributed by atoms with Crippen LogP contribution in [-0.2, 0) is 17.8 Å². The fourth-order valence-corrected chi connectivity index (χ4v) is 3.11. The number of aryl methyl sites for hydroxylation is 1. The fraction of sp³-hybridized carbons (Fsp3) is 0.350. The summed E-state index contributed by atoms with van der Waals surface area (Å²) < 4.78 is 26.1. The molecule has 132 valence electrons. The van der Waals surface area contributed by atoms with Gasteiger partial charge in [-0.15, -0.1) is 0 Å². The van der Waals surface area contributed by atoms with E-state index in [9.17, 15) is 13.6 Å². The van der Waals surface area contributed by atoms with Gasteiger partial charge in [-0.2, -0.15) is 0 Å². The molecule has 1 saturated heterocycles. The zero-order chi connectivity index (χ0) is 17.6. The molecule has 0 bridgehead atoms. The number of amides is 1. The predicted octanol–water partition coefficient (Wildman–Crippen LogP) is 3.24. The fourth-order valence-electron chi connectivity index (χ4n) is 3.11. The van der Waals surface area contributed by atoms with Gasteiger partial charge >= 0.3 is 0 Å². The highest BCUT2D eigenvalue weighted by Crippen LogP contribution is 2.12. The van der Waals surface area contributed by atoms with E-state index in [2.05, 4.69) is 4.90 Å². The summed E-state index contributed by atoms with van der Waals surface area (Å²) in [5, 5.41) is 0. The quantitative estimate of drug-likeness (QED) is 0.831. The number of hydrogen-bond acceptors (Lipinski definition) is 2. The summed E-state index contributed by atoms with van der Waals surface area (Å²) in [6.07, 6.45) is 1.07. The molecule has 1 aliphatic heterocycles. The average molecular weight is 344 g/mol. The molecule has 1 aliphatic rings. The second kappa shape index (κ2) is 8.21. The molecule has 0 unspecified atom stereocenters. The minimum Gasteiger partial charge on any atom is -0.340 e. The minimum absolute atomic E-state index is 0.134. The molecule has 5 heteroatoms. The lowest BCUT2D eigenvalue weighted by Gasteiger charge is -2.34. The highest BCUT2D eigenvalue weighted by molar-refractivity contribution is 5.76. The smallest absolute Gasteiger partial charge is 0.222 e. The number of benzene rings is 2. The van der Waals surface area contributed by atoms with Crippen LogP contribution in [0.3, 0.4) is 0 Å². The predicted molar refractivity (Wildman–Crippen MR) is 93.0 cm³/mol. The molecule has 1 heterocycles. The number of carbonyl (C=O) groups excluding carboxylic acids is 1. The zero-order valence-electron chi connectivity index (χ0n) is 14.1. The van der Waals surface area contributed by atoms with Gasteiger partial charge in [-0.1, -0.05) is 24.3 Å². The maximum atomic E-state index is 13.2. The van der Waals surface area contributed by atoms with Crippen molar-refractivity contribution in [1.29, 1.82) is 0 Å². The lowest BCUT2D eigenvalue weighted by molar-refractivity contribution is -0.133. The Morgan fingerprint density at radius 3 is 2.28 bits per heavy atom. The third-order valence-electron chi connectivity index (χ3n) is 4.56. The lowest BCUT2D eigenvalue weighted by atomic mass is 10.1. The first-order chi connectivity index (χ1) is 12.1. The summed E-state index contributed by atoms with van der Waals surface area (Å²) in [5.74, 6) is -0.341. The number of rotatable bonds is 5. The molecule has 2 aromatic rings. The van der Waals surface area contributed by atoms with Crippen molar-refractivity contribution in [2.24, 2.45) is 0 Å². The molecular weight excluding hydrogens is 322 g/mol. The van der Waals surface area contributed by atoms with Crippen LogP contribution in [0.4, 0.5) is 8.78 Å². The van der Waals surface area contributed by atoms with E-state index in [1.54, 1.807) is 24.3 Å². The standard InChI is InChI=1S/C20H22F2N2O/c21-18-7-4-16(5-8-18)6-9-20(25)24-12-10-23(11-13-24)15-17-2-1-3-19(22)14-17/h1-5,7-8,14H,6,9-13,15H2. The Morgan fingerprint density at radius 1 is 0.880 bits per heavy atom. The van der Waals surface area contributed by atoms with E-state index >= 15 is 0 Å². The van der Waals surface area contributed by atoms with Crippen LogP contribution in [0.15, 0.2) is 48.5 Å². The Balaban J connectivity index is 1.43. The van der Waals surface area contributed by atoms with Gasteiger partial charge in [-0.05, 0) is 41.8 Å². The Hall–Kier alpha value is -2.27. The SMILES string of the molecule is O=C(CCc1ccc(F)cc1)N1CCN(Cc2cccc(F)c2)CC1.